The molecule has 0 fully saturated rings. The highest BCUT2D eigenvalue weighted by molar-refractivity contribution is 7.89. The van der Waals surface area contributed by atoms with E-state index in [-0.39, 0.29) is 4.90 Å². The Balaban J connectivity index is 2.12. The summed E-state index contributed by atoms with van der Waals surface area (Å²) in [5.41, 5.74) is 0.942. The Morgan fingerprint density at radius 2 is 1.87 bits per heavy atom. The topological polar surface area (TPSA) is 89.3 Å². The highest BCUT2D eigenvalue weighted by atomic mass is 35.5. The van der Waals surface area contributed by atoms with E-state index in [2.05, 4.69) is 5.32 Å². The molecule has 120 valence electrons. The van der Waals surface area contributed by atoms with Crippen LogP contribution in [0.4, 0.5) is 5.69 Å². The third-order valence-corrected chi connectivity index (χ3v) is 4.28. The van der Waals surface area contributed by atoms with Crippen LogP contribution in [0.15, 0.2) is 53.4 Å². The SMILES string of the molecule is NS(=O)(=O)c1cccc(NC(=O)/C=C/c2ccc(Cl)cc2Cl)c1. The fourth-order valence-electron chi connectivity index (χ4n) is 1.74. The number of halogens is 2. The zero-order chi connectivity index (χ0) is 17.0. The first-order chi connectivity index (χ1) is 10.8. The molecule has 0 aliphatic rings. The number of carbonyl (C=O) groups is 1. The molecule has 23 heavy (non-hydrogen) atoms. The smallest absolute Gasteiger partial charge is 0.248 e. The van der Waals surface area contributed by atoms with Crippen molar-refractivity contribution in [3.8, 4) is 0 Å². The number of benzene rings is 2. The van der Waals surface area contributed by atoms with Crippen molar-refractivity contribution in [3.05, 3.63) is 64.1 Å². The number of hydrogen-bond donors (Lipinski definition) is 2. The van der Waals surface area contributed by atoms with Gasteiger partial charge in [0.25, 0.3) is 0 Å². The van der Waals surface area contributed by atoms with Gasteiger partial charge in [-0.1, -0.05) is 35.3 Å². The Bertz CT molecular complexity index is 880. The van der Waals surface area contributed by atoms with Crippen LogP contribution in [0, 0.1) is 0 Å². The van der Waals surface area contributed by atoms with Crippen molar-refractivity contribution in [1.29, 1.82) is 0 Å². The van der Waals surface area contributed by atoms with E-state index in [0.29, 0.717) is 21.3 Å². The van der Waals surface area contributed by atoms with Gasteiger partial charge < -0.3 is 5.32 Å². The molecule has 1 amide bonds. The van der Waals surface area contributed by atoms with Gasteiger partial charge in [-0.25, -0.2) is 13.6 Å². The second-order valence-electron chi connectivity index (χ2n) is 4.56. The van der Waals surface area contributed by atoms with E-state index < -0.39 is 15.9 Å². The molecule has 0 radical (unpaired) electrons. The minimum Gasteiger partial charge on any atom is -0.322 e. The van der Waals surface area contributed by atoms with Crippen LogP contribution in [0.5, 0.6) is 0 Å². The van der Waals surface area contributed by atoms with Crippen molar-refractivity contribution in [2.24, 2.45) is 5.14 Å². The molecule has 0 unspecified atom stereocenters. The predicted molar refractivity (Wildman–Crippen MR) is 91.9 cm³/mol. The maximum Gasteiger partial charge on any atom is 0.248 e. The van der Waals surface area contributed by atoms with Gasteiger partial charge in [0.1, 0.15) is 0 Å². The highest BCUT2D eigenvalue weighted by Crippen LogP contribution is 2.22. The van der Waals surface area contributed by atoms with Crippen molar-refractivity contribution in [1.82, 2.24) is 0 Å². The molecule has 8 heteroatoms. The van der Waals surface area contributed by atoms with Crippen molar-refractivity contribution < 1.29 is 13.2 Å². The fourth-order valence-corrected chi connectivity index (χ4v) is 2.77. The summed E-state index contributed by atoms with van der Waals surface area (Å²) in [6, 6.07) is 10.5. The van der Waals surface area contributed by atoms with E-state index in [0.717, 1.165) is 0 Å². The molecule has 0 aliphatic carbocycles. The Morgan fingerprint density at radius 3 is 2.52 bits per heavy atom. The normalized spacial score (nSPS) is 11.6. The largest absolute Gasteiger partial charge is 0.322 e. The summed E-state index contributed by atoms with van der Waals surface area (Å²) < 4.78 is 22.5. The number of carbonyl (C=O) groups excluding carboxylic acids is 1. The van der Waals surface area contributed by atoms with E-state index >= 15 is 0 Å². The van der Waals surface area contributed by atoms with E-state index in [9.17, 15) is 13.2 Å². The number of hydrogen-bond acceptors (Lipinski definition) is 3. The van der Waals surface area contributed by atoms with Crippen LogP contribution in [0.3, 0.4) is 0 Å². The number of nitrogens with one attached hydrogen (secondary N) is 1. The van der Waals surface area contributed by atoms with E-state index in [1.54, 1.807) is 24.3 Å². The number of anilines is 1. The summed E-state index contributed by atoms with van der Waals surface area (Å²) in [6.45, 7) is 0. The van der Waals surface area contributed by atoms with Gasteiger partial charge in [-0.2, -0.15) is 0 Å². The lowest BCUT2D eigenvalue weighted by Crippen LogP contribution is -2.13. The Labute approximate surface area is 143 Å². The summed E-state index contributed by atoms with van der Waals surface area (Å²) in [5, 5.41) is 8.49. The molecular formula is C15H12Cl2N2O3S. The maximum atomic E-state index is 11.9. The lowest BCUT2D eigenvalue weighted by Gasteiger charge is -2.04. The number of rotatable bonds is 4. The third kappa shape index (κ3) is 5.07. The van der Waals surface area contributed by atoms with Crippen LogP contribution in [-0.2, 0) is 14.8 Å². The molecule has 5 nitrogen and oxygen atoms in total. The quantitative estimate of drug-likeness (QED) is 0.809. The molecule has 0 spiro atoms. The average molecular weight is 371 g/mol. The van der Waals surface area contributed by atoms with E-state index in [1.807, 2.05) is 0 Å². The minimum absolute atomic E-state index is 0.0833. The van der Waals surface area contributed by atoms with Crippen LogP contribution in [0.1, 0.15) is 5.56 Å². The first-order valence-corrected chi connectivity index (χ1v) is 8.63. The van der Waals surface area contributed by atoms with E-state index in [4.69, 9.17) is 28.3 Å². The first-order valence-electron chi connectivity index (χ1n) is 6.33. The zero-order valence-electron chi connectivity index (χ0n) is 11.7. The van der Waals surface area contributed by atoms with Gasteiger partial charge in [0.05, 0.1) is 4.90 Å². The summed E-state index contributed by atoms with van der Waals surface area (Å²) >= 11 is 11.8. The predicted octanol–water partition coefficient (Wildman–Crippen LogP) is 3.29. The minimum atomic E-state index is -3.83. The molecule has 0 saturated heterocycles. The van der Waals surface area contributed by atoms with Crippen LogP contribution in [-0.4, -0.2) is 14.3 Å². The Morgan fingerprint density at radius 1 is 1.13 bits per heavy atom. The summed E-state index contributed by atoms with van der Waals surface area (Å²) in [4.78, 5) is 11.8. The molecule has 0 saturated carbocycles. The molecule has 2 aromatic rings. The van der Waals surface area contributed by atoms with Crippen LogP contribution in [0.2, 0.25) is 10.0 Å². The molecule has 0 atom stereocenters. The second-order valence-corrected chi connectivity index (χ2v) is 6.97. The fraction of sp³-hybridized carbons (Fsp3) is 0. The lowest BCUT2D eigenvalue weighted by atomic mass is 10.2. The Hall–Kier alpha value is -1.86. The summed E-state index contributed by atoms with van der Waals surface area (Å²) in [7, 11) is -3.83. The maximum absolute atomic E-state index is 11.9. The number of amides is 1. The van der Waals surface area contributed by atoms with Crippen LogP contribution in [0.25, 0.3) is 6.08 Å². The molecule has 0 bridgehead atoms. The van der Waals surface area contributed by atoms with Gasteiger partial charge in [0.2, 0.25) is 15.9 Å². The van der Waals surface area contributed by atoms with Gasteiger partial charge in [-0.3, -0.25) is 4.79 Å². The van der Waals surface area contributed by atoms with Crippen molar-refractivity contribution >= 4 is 50.9 Å². The molecule has 0 aliphatic heterocycles. The van der Waals surface area contributed by atoms with Gasteiger partial charge >= 0.3 is 0 Å². The van der Waals surface area contributed by atoms with Crippen molar-refractivity contribution in [3.63, 3.8) is 0 Å². The Kier molecular flexibility index (Phi) is 5.43. The van der Waals surface area contributed by atoms with Gasteiger partial charge in [0.15, 0.2) is 0 Å². The summed E-state index contributed by atoms with van der Waals surface area (Å²) in [5.74, 6) is -0.442. The van der Waals surface area contributed by atoms with E-state index in [1.165, 1.54) is 30.4 Å². The van der Waals surface area contributed by atoms with Crippen molar-refractivity contribution in [2.75, 3.05) is 5.32 Å². The summed E-state index contributed by atoms with van der Waals surface area (Å²) in [6.07, 6.45) is 2.80. The van der Waals surface area contributed by atoms with Crippen LogP contribution >= 0.6 is 23.2 Å². The standard InChI is InChI=1S/C15H12Cl2N2O3S/c16-11-6-4-10(14(17)8-11)5-7-15(20)19-12-2-1-3-13(9-12)23(18,21)22/h1-9H,(H,19,20)(H2,18,21,22)/b7-5+. The molecular weight excluding hydrogens is 359 g/mol. The molecule has 2 aromatic carbocycles. The second kappa shape index (κ2) is 7.14. The molecule has 3 N–H and O–H groups in total. The van der Waals surface area contributed by atoms with Gasteiger partial charge in [-0.15, -0.1) is 0 Å². The third-order valence-electron chi connectivity index (χ3n) is 2.81. The zero-order valence-corrected chi connectivity index (χ0v) is 14.0. The van der Waals surface area contributed by atoms with Crippen LogP contribution < -0.4 is 10.5 Å². The average Bonchev–Trinajstić information content (AvgIpc) is 2.45. The number of nitrogens with two attached hydrogens (primary N) is 1. The molecule has 0 heterocycles. The van der Waals surface area contributed by atoms with Gasteiger partial charge in [-0.05, 0) is 42.0 Å². The molecule has 2 rings (SSSR count). The van der Waals surface area contributed by atoms with Gasteiger partial charge in [0, 0.05) is 21.8 Å². The lowest BCUT2D eigenvalue weighted by molar-refractivity contribution is -0.111. The number of primary sulfonamides is 1. The van der Waals surface area contributed by atoms with Crippen molar-refractivity contribution in [2.45, 2.75) is 4.90 Å². The monoisotopic (exact) mass is 370 g/mol. The number of sulfonamides is 1. The first kappa shape index (κ1) is 17.5. The highest BCUT2D eigenvalue weighted by Gasteiger charge is 2.08. The molecule has 0 aromatic heterocycles.